The van der Waals surface area contributed by atoms with Gasteiger partial charge in [0.25, 0.3) is 0 Å². The van der Waals surface area contributed by atoms with Gasteiger partial charge in [0.15, 0.2) is 0 Å². The van der Waals surface area contributed by atoms with E-state index in [0.29, 0.717) is 11.3 Å². The van der Waals surface area contributed by atoms with Gasteiger partial charge in [0.05, 0.1) is 11.6 Å². The van der Waals surface area contributed by atoms with Crippen molar-refractivity contribution in [2.45, 2.75) is 0 Å². The largest absolute Gasteiger partial charge is 0.480 e. The van der Waals surface area contributed by atoms with Crippen LogP contribution in [0.15, 0.2) is 24.3 Å². The number of nitriles is 1. The van der Waals surface area contributed by atoms with Gasteiger partial charge in [-0.2, -0.15) is 5.26 Å². The van der Waals surface area contributed by atoms with Crippen LogP contribution in [0.2, 0.25) is 0 Å². The van der Waals surface area contributed by atoms with Gasteiger partial charge in [-0.25, -0.2) is 0 Å². The zero-order valence-corrected chi connectivity index (χ0v) is 6.82. The molecule has 1 aromatic rings. The van der Waals surface area contributed by atoms with Crippen LogP contribution in [0.3, 0.4) is 0 Å². The summed E-state index contributed by atoms with van der Waals surface area (Å²) in [6.45, 7) is -0.119. The zero-order valence-electron chi connectivity index (χ0n) is 6.82. The van der Waals surface area contributed by atoms with Crippen molar-refractivity contribution >= 4 is 11.7 Å². The second kappa shape index (κ2) is 4.12. The summed E-state index contributed by atoms with van der Waals surface area (Å²) < 4.78 is 0. The lowest BCUT2D eigenvalue weighted by Crippen LogP contribution is -2.11. The SMILES string of the molecule is N#C[13c]1cc[13c](N[13CH2][13C](=O)O)[13cH][13cH]1. The van der Waals surface area contributed by atoms with Crippen molar-refractivity contribution < 1.29 is 9.90 Å². The van der Waals surface area contributed by atoms with Crippen LogP contribution >= 0.6 is 0 Å². The number of carboxylic acid groups (broad SMARTS) is 1. The Hall–Kier alpha value is -2.02. The van der Waals surface area contributed by atoms with Crippen molar-refractivity contribution in [3.63, 3.8) is 0 Å². The van der Waals surface area contributed by atoms with E-state index in [0.717, 1.165) is 0 Å². The predicted molar refractivity (Wildman–Crippen MR) is 47.3 cm³/mol. The molecule has 0 aliphatic heterocycles. The van der Waals surface area contributed by atoms with Crippen LogP contribution in [-0.2, 0) is 4.79 Å². The Kier molecular flexibility index (Phi) is 2.87. The summed E-state index contributed by atoms with van der Waals surface area (Å²) in [7, 11) is 0. The van der Waals surface area contributed by atoms with E-state index in [1.165, 1.54) is 0 Å². The molecule has 0 heterocycles. The summed E-state index contributed by atoms with van der Waals surface area (Å²) in [5.74, 6) is -0.913. The maximum Gasteiger partial charge on any atom is 0.322 e. The Morgan fingerprint density at radius 3 is 2.54 bits per heavy atom. The molecule has 0 aromatic heterocycles. The van der Waals surface area contributed by atoms with Crippen LogP contribution in [-0.4, -0.2) is 17.6 Å². The number of hydrogen-bond donors (Lipinski definition) is 2. The van der Waals surface area contributed by atoms with Gasteiger partial charge in [-0.1, -0.05) is 0 Å². The van der Waals surface area contributed by atoms with Gasteiger partial charge in [-0.3, -0.25) is 4.79 Å². The van der Waals surface area contributed by atoms with E-state index in [1.54, 1.807) is 24.3 Å². The number of nitrogens with zero attached hydrogens (tertiary/aromatic N) is 1. The number of benzene rings is 1. The lowest BCUT2D eigenvalue weighted by Gasteiger charge is -2.01. The molecule has 0 saturated heterocycles. The van der Waals surface area contributed by atoms with Crippen molar-refractivity contribution in [2.24, 2.45) is 0 Å². The maximum absolute atomic E-state index is 10.2. The predicted octanol–water partition coefficient (Wildman–Crippen LogP) is 1.05. The van der Waals surface area contributed by atoms with E-state index in [9.17, 15) is 4.79 Å². The first-order chi connectivity index (χ1) is 6.22. The Morgan fingerprint density at radius 2 is 2.08 bits per heavy atom. The second-order valence-electron chi connectivity index (χ2n) is 2.44. The standard InChI is InChI=1S/C9H8N2O2/c10-5-7-1-3-8(4-2-7)11-6-9(12)13/h1-4,11H,6H2,(H,12,13)/i1+1,3+1,6+1,7+1,8+1,9+1. The fourth-order valence-electron chi connectivity index (χ4n) is 0.840. The average molecular weight is 182 g/mol. The monoisotopic (exact) mass is 182 g/mol. The molecule has 0 spiro atoms. The topological polar surface area (TPSA) is 73.1 Å². The molecule has 0 fully saturated rings. The Balaban J connectivity index is 2.60. The molecule has 1 rings (SSSR count). The Labute approximate surface area is 75.4 Å². The number of aliphatic carboxylic acids is 1. The summed E-state index contributed by atoms with van der Waals surface area (Å²) in [6, 6.07) is 8.57. The van der Waals surface area contributed by atoms with Crippen molar-refractivity contribution in [1.82, 2.24) is 0 Å². The van der Waals surface area contributed by atoms with E-state index >= 15 is 0 Å². The summed E-state index contributed by atoms with van der Waals surface area (Å²) >= 11 is 0. The second-order valence-corrected chi connectivity index (χ2v) is 2.44. The highest BCUT2D eigenvalue weighted by molar-refractivity contribution is 5.72. The molecule has 0 aliphatic rings. The molecule has 4 heteroatoms. The van der Waals surface area contributed by atoms with Gasteiger partial charge < -0.3 is 10.4 Å². The van der Waals surface area contributed by atoms with Crippen molar-refractivity contribution in [3.05, 3.63) is 29.8 Å². The van der Waals surface area contributed by atoms with Crippen LogP contribution in [0.5, 0.6) is 0 Å². The highest BCUT2D eigenvalue weighted by atomic mass is 16.5. The Bertz CT molecular complexity index is 338. The highest BCUT2D eigenvalue weighted by Crippen LogP contribution is 2.07. The minimum absolute atomic E-state index is 0.119. The molecular weight excluding hydrogens is 174 g/mol. The maximum atomic E-state index is 10.2. The third-order valence-electron chi connectivity index (χ3n) is 1.46. The van der Waals surface area contributed by atoms with Crippen molar-refractivity contribution in [2.75, 3.05) is 11.9 Å². The van der Waals surface area contributed by atoms with E-state index in [1.807, 2.05) is 6.07 Å². The number of carboxylic acids is 1. The lowest BCUT2D eigenvalue weighted by molar-refractivity contribution is -0.134. The van der Waals surface area contributed by atoms with E-state index in [2.05, 4.69) is 5.32 Å². The van der Waals surface area contributed by atoms with Gasteiger partial charge in [-0.15, -0.1) is 0 Å². The molecule has 0 atom stereocenters. The minimum atomic E-state index is -0.913. The van der Waals surface area contributed by atoms with Gasteiger partial charge >= 0.3 is 5.97 Å². The molecule has 0 radical (unpaired) electrons. The Morgan fingerprint density at radius 1 is 1.46 bits per heavy atom. The van der Waals surface area contributed by atoms with E-state index in [-0.39, 0.29) is 6.54 Å². The number of nitrogens with one attached hydrogen (secondary N) is 1. The molecule has 4 nitrogen and oxygen atoms in total. The molecule has 0 aliphatic carbocycles. The number of anilines is 1. The minimum Gasteiger partial charge on any atom is -0.480 e. The molecule has 0 amide bonds. The average Bonchev–Trinajstić information content (AvgIpc) is 2.15. The van der Waals surface area contributed by atoms with E-state index < -0.39 is 5.97 Å². The first kappa shape index (κ1) is 9.07. The van der Waals surface area contributed by atoms with Gasteiger partial charge in [0.2, 0.25) is 0 Å². The van der Waals surface area contributed by atoms with Crippen LogP contribution in [0.25, 0.3) is 0 Å². The third kappa shape index (κ3) is 2.83. The van der Waals surface area contributed by atoms with Gasteiger partial charge in [0.1, 0.15) is 6.54 Å². The van der Waals surface area contributed by atoms with Crippen molar-refractivity contribution in [3.8, 4) is 6.07 Å². The first-order valence-electron chi connectivity index (χ1n) is 3.68. The molecular formula is C9H8N2O2. The number of hydrogen-bond acceptors (Lipinski definition) is 3. The van der Waals surface area contributed by atoms with Crippen LogP contribution in [0.1, 0.15) is 5.56 Å². The highest BCUT2D eigenvalue weighted by Gasteiger charge is 1.96. The van der Waals surface area contributed by atoms with Crippen LogP contribution < -0.4 is 5.32 Å². The molecule has 13 heavy (non-hydrogen) atoms. The first-order valence-corrected chi connectivity index (χ1v) is 3.68. The molecule has 2 N–H and O–H groups in total. The van der Waals surface area contributed by atoms with Gasteiger partial charge in [0, 0.05) is 5.69 Å². The fraction of sp³-hybridized carbons (Fsp3) is 0.111. The quantitative estimate of drug-likeness (QED) is 0.685. The molecule has 66 valence electrons. The molecule has 0 unspecified atom stereocenters. The normalized spacial score (nSPS) is 8.85. The summed E-state index contributed by atoms with van der Waals surface area (Å²) in [4.78, 5) is 10.2. The van der Waals surface area contributed by atoms with E-state index in [4.69, 9.17) is 10.4 Å². The number of rotatable bonds is 3. The molecule has 0 bridgehead atoms. The lowest BCUT2D eigenvalue weighted by atomic mass is 10.7. The summed E-state index contributed by atoms with van der Waals surface area (Å²) in [5, 5.41) is 19.5. The summed E-state index contributed by atoms with van der Waals surface area (Å²) in [6.07, 6.45) is 0. The third-order valence-corrected chi connectivity index (χ3v) is 1.46. The van der Waals surface area contributed by atoms with Gasteiger partial charge in [-0.05, 0) is 24.3 Å². The molecule has 1 aromatic carbocycles. The fourth-order valence-corrected chi connectivity index (χ4v) is 0.840. The van der Waals surface area contributed by atoms with Crippen LogP contribution in [0.4, 0.5) is 5.69 Å². The number of carbonyl (C=O) groups is 1. The van der Waals surface area contributed by atoms with Crippen LogP contribution in [0, 0.1) is 11.3 Å². The smallest absolute Gasteiger partial charge is 0.322 e. The summed E-state index contributed by atoms with van der Waals surface area (Å²) in [5.41, 5.74) is 1.25. The molecule has 0 saturated carbocycles. The van der Waals surface area contributed by atoms with Crippen molar-refractivity contribution in [1.29, 1.82) is 5.26 Å². The zero-order chi connectivity index (χ0) is 9.68.